The molecule has 0 aliphatic rings. The van der Waals surface area contributed by atoms with Crippen molar-refractivity contribution in [3.8, 4) is 11.4 Å². The lowest BCUT2D eigenvalue weighted by Gasteiger charge is -2.22. The third kappa shape index (κ3) is 2.47. The van der Waals surface area contributed by atoms with Crippen molar-refractivity contribution in [2.45, 2.75) is 26.8 Å². The minimum absolute atomic E-state index is 0.218. The first kappa shape index (κ1) is 13.2. The van der Waals surface area contributed by atoms with Gasteiger partial charge in [-0.3, -0.25) is 9.48 Å². The smallest absolute Gasteiger partial charge is 0.311 e. The monoisotopic (exact) mass is 264 g/mol. The zero-order chi connectivity index (χ0) is 14.0. The fourth-order valence-electron chi connectivity index (χ4n) is 1.72. The quantitative estimate of drug-likeness (QED) is 0.847. The van der Waals surface area contributed by atoms with E-state index >= 15 is 0 Å². The van der Waals surface area contributed by atoms with Crippen molar-refractivity contribution < 1.29 is 9.90 Å². The molecule has 8 heteroatoms. The molecule has 0 fully saturated rings. The van der Waals surface area contributed by atoms with E-state index in [1.807, 2.05) is 6.92 Å². The molecule has 2 heterocycles. The second-order valence-electron chi connectivity index (χ2n) is 4.78. The summed E-state index contributed by atoms with van der Waals surface area (Å²) in [5.74, 6) is -0.336. The molecule has 0 bridgehead atoms. The number of hydrogen-bond donors (Lipinski definition) is 1. The van der Waals surface area contributed by atoms with E-state index in [4.69, 9.17) is 0 Å². The SMILES string of the molecule is CCC(C)(Cn1nnnc1-c1cnn(C)c1)C(=O)O. The maximum absolute atomic E-state index is 11.3. The standard InChI is InChI=1S/C11H16N6O2/c1-4-11(2,10(18)19)7-17-9(13-14-15-17)8-5-12-16(3)6-8/h5-6H,4,7H2,1-3H3,(H,18,19). The summed E-state index contributed by atoms with van der Waals surface area (Å²) in [6.07, 6.45) is 3.92. The second-order valence-corrected chi connectivity index (χ2v) is 4.78. The molecule has 0 saturated heterocycles. The number of carbonyl (C=O) groups is 1. The van der Waals surface area contributed by atoms with Crippen LogP contribution in [0.3, 0.4) is 0 Å². The van der Waals surface area contributed by atoms with Gasteiger partial charge in [0, 0.05) is 13.2 Å². The number of hydrogen-bond acceptors (Lipinski definition) is 5. The summed E-state index contributed by atoms with van der Waals surface area (Å²) in [6.45, 7) is 3.74. The molecule has 0 saturated carbocycles. The zero-order valence-electron chi connectivity index (χ0n) is 11.1. The van der Waals surface area contributed by atoms with Gasteiger partial charge in [-0.25, -0.2) is 4.68 Å². The molecule has 1 N–H and O–H groups in total. The Hall–Kier alpha value is -2.25. The van der Waals surface area contributed by atoms with Gasteiger partial charge in [-0.05, 0) is 23.8 Å². The summed E-state index contributed by atoms with van der Waals surface area (Å²) in [4.78, 5) is 11.3. The van der Waals surface area contributed by atoms with E-state index in [1.54, 1.807) is 31.0 Å². The van der Waals surface area contributed by atoms with Gasteiger partial charge < -0.3 is 5.11 Å². The first-order chi connectivity index (χ1) is 8.96. The summed E-state index contributed by atoms with van der Waals surface area (Å²) in [5.41, 5.74) is -0.136. The third-order valence-corrected chi connectivity index (χ3v) is 3.29. The molecule has 1 unspecified atom stereocenters. The zero-order valence-corrected chi connectivity index (χ0v) is 11.1. The van der Waals surface area contributed by atoms with E-state index in [0.29, 0.717) is 12.2 Å². The summed E-state index contributed by atoms with van der Waals surface area (Å²) in [6, 6.07) is 0. The van der Waals surface area contributed by atoms with Crippen molar-refractivity contribution in [1.29, 1.82) is 0 Å². The van der Waals surface area contributed by atoms with Gasteiger partial charge in [0.25, 0.3) is 0 Å². The van der Waals surface area contributed by atoms with Gasteiger partial charge in [0.2, 0.25) is 0 Å². The van der Waals surface area contributed by atoms with Crippen LogP contribution >= 0.6 is 0 Å². The van der Waals surface area contributed by atoms with Crippen LogP contribution in [0.5, 0.6) is 0 Å². The molecular formula is C11H16N6O2. The lowest BCUT2D eigenvalue weighted by atomic mass is 9.88. The maximum Gasteiger partial charge on any atom is 0.311 e. The van der Waals surface area contributed by atoms with Gasteiger partial charge in [0.05, 0.1) is 23.7 Å². The van der Waals surface area contributed by atoms with Crippen LogP contribution in [-0.4, -0.2) is 41.1 Å². The molecular weight excluding hydrogens is 248 g/mol. The first-order valence-corrected chi connectivity index (χ1v) is 5.95. The Morgan fingerprint density at radius 2 is 2.26 bits per heavy atom. The third-order valence-electron chi connectivity index (χ3n) is 3.29. The van der Waals surface area contributed by atoms with Crippen LogP contribution in [0.2, 0.25) is 0 Å². The number of carboxylic acids is 1. The number of nitrogens with zero attached hydrogens (tertiary/aromatic N) is 6. The van der Waals surface area contributed by atoms with E-state index in [-0.39, 0.29) is 6.54 Å². The molecule has 0 radical (unpaired) electrons. The van der Waals surface area contributed by atoms with Crippen LogP contribution in [-0.2, 0) is 18.4 Å². The van der Waals surface area contributed by atoms with E-state index in [9.17, 15) is 9.90 Å². The van der Waals surface area contributed by atoms with Crippen molar-refractivity contribution in [2.75, 3.05) is 0 Å². The van der Waals surface area contributed by atoms with Crippen molar-refractivity contribution in [3.63, 3.8) is 0 Å². The average Bonchev–Trinajstić information content (AvgIpc) is 2.97. The molecule has 0 spiro atoms. The highest BCUT2D eigenvalue weighted by molar-refractivity contribution is 5.74. The van der Waals surface area contributed by atoms with Gasteiger partial charge in [-0.1, -0.05) is 6.92 Å². The molecule has 19 heavy (non-hydrogen) atoms. The summed E-state index contributed by atoms with van der Waals surface area (Å²) in [5, 5.41) is 24.8. The molecule has 2 aromatic heterocycles. The molecule has 8 nitrogen and oxygen atoms in total. The van der Waals surface area contributed by atoms with Crippen molar-refractivity contribution in [2.24, 2.45) is 12.5 Å². The van der Waals surface area contributed by atoms with E-state index < -0.39 is 11.4 Å². The molecule has 1 atom stereocenters. The number of carboxylic acid groups (broad SMARTS) is 1. The minimum Gasteiger partial charge on any atom is -0.481 e. The number of aryl methyl sites for hydroxylation is 1. The Morgan fingerprint density at radius 3 is 2.79 bits per heavy atom. The second kappa shape index (κ2) is 4.79. The molecule has 102 valence electrons. The molecule has 0 aromatic carbocycles. The lowest BCUT2D eigenvalue weighted by Crippen LogP contribution is -2.32. The summed E-state index contributed by atoms with van der Waals surface area (Å²) in [7, 11) is 1.80. The Kier molecular flexibility index (Phi) is 3.32. The predicted octanol–water partition coefficient (Wildman–Crippen LogP) is 0.574. The Bertz CT molecular complexity index is 590. The summed E-state index contributed by atoms with van der Waals surface area (Å²) < 4.78 is 3.15. The van der Waals surface area contributed by atoms with Gasteiger partial charge in [0.15, 0.2) is 5.82 Å². The van der Waals surface area contributed by atoms with Crippen LogP contribution in [0.25, 0.3) is 11.4 Å². The van der Waals surface area contributed by atoms with E-state index in [0.717, 1.165) is 5.56 Å². The molecule has 2 aromatic rings. The molecule has 0 aliphatic carbocycles. The van der Waals surface area contributed by atoms with Gasteiger partial charge >= 0.3 is 5.97 Å². The Labute approximate surface area is 110 Å². The number of aromatic nitrogens is 6. The Morgan fingerprint density at radius 1 is 1.53 bits per heavy atom. The molecule has 0 aliphatic heterocycles. The minimum atomic E-state index is -0.896. The Balaban J connectivity index is 2.33. The fraction of sp³-hybridized carbons (Fsp3) is 0.545. The predicted molar refractivity (Wildman–Crippen MR) is 66.1 cm³/mol. The maximum atomic E-state index is 11.3. The summed E-state index contributed by atoms with van der Waals surface area (Å²) >= 11 is 0. The highest BCUT2D eigenvalue weighted by Gasteiger charge is 2.33. The van der Waals surface area contributed by atoms with E-state index in [1.165, 1.54) is 4.68 Å². The van der Waals surface area contributed by atoms with Crippen LogP contribution in [0, 0.1) is 5.41 Å². The lowest BCUT2D eigenvalue weighted by molar-refractivity contribution is -0.149. The van der Waals surface area contributed by atoms with Crippen molar-refractivity contribution >= 4 is 5.97 Å². The average molecular weight is 264 g/mol. The van der Waals surface area contributed by atoms with Crippen LogP contribution in [0.4, 0.5) is 0 Å². The topological polar surface area (TPSA) is 98.7 Å². The number of rotatable bonds is 5. The fourth-order valence-corrected chi connectivity index (χ4v) is 1.72. The highest BCUT2D eigenvalue weighted by Crippen LogP contribution is 2.25. The highest BCUT2D eigenvalue weighted by atomic mass is 16.4. The largest absolute Gasteiger partial charge is 0.481 e. The van der Waals surface area contributed by atoms with Gasteiger partial charge in [-0.2, -0.15) is 5.10 Å². The molecule has 2 rings (SSSR count). The molecule has 0 amide bonds. The number of aliphatic carboxylic acids is 1. The van der Waals surface area contributed by atoms with Crippen LogP contribution < -0.4 is 0 Å². The van der Waals surface area contributed by atoms with Gasteiger partial charge in [-0.15, -0.1) is 5.10 Å². The number of tetrazole rings is 1. The van der Waals surface area contributed by atoms with Gasteiger partial charge in [0.1, 0.15) is 0 Å². The normalized spacial score (nSPS) is 14.3. The first-order valence-electron chi connectivity index (χ1n) is 5.95. The van der Waals surface area contributed by atoms with Crippen LogP contribution in [0.15, 0.2) is 12.4 Å². The van der Waals surface area contributed by atoms with Crippen molar-refractivity contribution in [3.05, 3.63) is 12.4 Å². The van der Waals surface area contributed by atoms with Crippen molar-refractivity contribution in [1.82, 2.24) is 30.0 Å². The van der Waals surface area contributed by atoms with E-state index in [2.05, 4.69) is 20.6 Å². The van der Waals surface area contributed by atoms with Crippen LogP contribution in [0.1, 0.15) is 20.3 Å².